The molecule has 4 amide bonds. The Kier molecular flexibility index (Phi) is 4.61. The second-order valence-corrected chi connectivity index (χ2v) is 7.97. The van der Waals surface area contributed by atoms with Crippen molar-refractivity contribution in [2.24, 2.45) is 5.92 Å². The molecule has 27 heavy (non-hydrogen) atoms. The number of amides is 4. The minimum absolute atomic E-state index is 0.0103. The molecule has 3 atom stereocenters. The minimum atomic E-state index is -0.814. The fourth-order valence-electron chi connectivity index (χ4n) is 4.86. The van der Waals surface area contributed by atoms with Gasteiger partial charge in [-0.1, -0.05) is 19.8 Å². The van der Waals surface area contributed by atoms with E-state index in [1.807, 2.05) is 19.1 Å². The lowest BCUT2D eigenvalue weighted by Crippen LogP contribution is -2.54. The van der Waals surface area contributed by atoms with Gasteiger partial charge in [-0.25, -0.2) is 4.79 Å². The van der Waals surface area contributed by atoms with E-state index in [1.165, 1.54) is 0 Å². The molecule has 1 aliphatic carbocycles. The highest BCUT2D eigenvalue weighted by atomic mass is 16.2. The highest BCUT2D eigenvalue weighted by Crippen LogP contribution is 2.38. The average molecular weight is 370 g/mol. The zero-order valence-electron chi connectivity index (χ0n) is 15.7. The number of imide groups is 1. The smallest absolute Gasteiger partial charge is 0.325 e. The van der Waals surface area contributed by atoms with Crippen LogP contribution in [0.15, 0.2) is 24.5 Å². The predicted molar refractivity (Wildman–Crippen MR) is 98.5 cm³/mol. The summed E-state index contributed by atoms with van der Waals surface area (Å²) in [4.78, 5) is 45.5. The molecule has 1 saturated carbocycles. The third-order valence-corrected chi connectivity index (χ3v) is 6.46. The number of likely N-dealkylation sites (tertiary alicyclic amines) is 1. The molecule has 1 aromatic heterocycles. The third-order valence-electron chi connectivity index (χ3n) is 6.46. The number of hydrogen-bond acceptors (Lipinski definition) is 4. The Bertz CT molecular complexity index is 753. The highest BCUT2D eigenvalue weighted by Gasteiger charge is 2.55. The molecule has 3 aliphatic rings. The molecule has 1 aromatic rings. The summed E-state index contributed by atoms with van der Waals surface area (Å²) in [5, 5.41) is 2.92. The lowest BCUT2D eigenvalue weighted by atomic mass is 9.73. The van der Waals surface area contributed by atoms with Crippen LogP contribution >= 0.6 is 0 Å². The SMILES string of the molecule is C[C@H]1CCCC[C@]12NC(=O)N(CC(=O)N1CCC[C@@H]1c1ccncc1)C2=O. The minimum Gasteiger partial charge on any atom is -0.334 e. The van der Waals surface area contributed by atoms with Crippen LogP contribution in [0.5, 0.6) is 0 Å². The number of aromatic nitrogens is 1. The van der Waals surface area contributed by atoms with Gasteiger partial charge in [0.2, 0.25) is 5.91 Å². The Morgan fingerprint density at radius 1 is 1.22 bits per heavy atom. The van der Waals surface area contributed by atoms with E-state index >= 15 is 0 Å². The average Bonchev–Trinajstić information content (AvgIpc) is 3.25. The Hall–Kier alpha value is -2.44. The predicted octanol–water partition coefficient (Wildman–Crippen LogP) is 2.25. The van der Waals surface area contributed by atoms with E-state index in [-0.39, 0.29) is 30.3 Å². The maximum absolute atomic E-state index is 13.1. The monoisotopic (exact) mass is 370 g/mol. The van der Waals surface area contributed by atoms with Crippen LogP contribution in [0.3, 0.4) is 0 Å². The van der Waals surface area contributed by atoms with E-state index < -0.39 is 11.6 Å². The van der Waals surface area contributed by atoms with Crippen molar-refractivity contribution in [1.29, 1.82) is 0 Å². The third kappa shape index (κ3) is 2.99. The normalized spacial score (nSPS) is 30.9. The van der Waals surface area contributed by atoms with Gasteiger partial charge < -0.3 is 10.2 Å². The van der Waals surface area contributed by atoms with Gasteiger partial charge in [-0.05, 0) is 49.3 Å². The van der Waals surface area contributed by atoms with Crippen LogP contribution in [-0.2, 0) is 9.59 Å². The van der Waals surface area contributed by atoms with E-state index in [0.29, 0.717) is 13.0 Å². The first kappa shape index (κ1) is 17.9. The first-order valence-electron chi connectivity index (χ1n) is 9.86. The van der Waals surface area contributed by atoms with Gasteiger partial charge in [0, 0.05) is 18.9 Å². The molecule has 0 bridgehead atoms. The Morgan fingerprint density at radius 2 is 2.00 bits per heavy atom. The zero-order chi connectivity index (χ0) is 19.0. The number of hydrogen-bond donors (Lipinski definition) is 1. The molecule has 2 aliphatic heterocycles. The molecule has 1 spiro atoms. The summed E-state index contributed by atoms with van der Waals surface area (Å²) in [5.74, 6) is -0.301. The van der Waals surface area contributed by atoms with Gasteiger partial charge in [-0.2, -0.15) is 0 Å². The van der Waals surface area contributed by atoms with Crippen LogP contribution in [0.2, 0.25) is 0 Å². The fourth-order valence-corrected chi connectivity index (χ4v) is 4.86. The van der Waals surface area contributed by atoms with Crippen molar-refractivity contribution in [2.45, 2.75) is 57.0 Å². The van der Waals surface area contributed by atoms with Crippen molar-refractivity contribution in [1.82, 2.24) is 20.1 Å². The summed E-state index contributed by atoms with van der Waals surface area (Å²) in [7, 11) is 0. The van der Waals surface area contributed by atoms with Crippen LogP contribution in [0.4, 0.5) is 4.79 Å². The number of carbonyl (C=O) groups is 3. The van der Waals surface area contributed by atoms with Crippen molar-refractivity contribution in [3.8, 4) is 0 Å². The maximum Gasteiger partial charge on any atom is 0.325 e. The number of carbonyl (C=O) groups excluding carboxylic acids is 3. The van der Waals surface area contributed by atoms with Gasteiger partial charge >= 0.3 is 6.03 Å². The molecule has 1 N–H and O–H groups in total. The quantitative estimate of drug-likeness (QED) is 0.827. The number of pyridine rings is 1. The second-order valence-electron chi connectivity index (χ2n) is 7.97. The van der Waals surface area contributed by atoms with Crippen LogP contribution in [0, 0.1) is 5.92 Å². The van der Waals surface area contributed by atoms with E-state index in [1.54, 1.807) is 17.3 Å². The summed E-state index contributed by atoms with van der Waals surface area (Å²) in [6, 6.07) is 3.40. The lowest BCUT2D eigenvalue weighted by Gasteiger charge is -2.36. The molecule has 0 aromatic carbocycles. The molecule has 3 heterocycles. The van der Waals surface area contributed by atoms with E-state index in [4.69, 9.17) is 0 Å². The van der Waals surface area contributed by atoms with Gasteiger partial charge in [0.25, 0.3) is 5.91 Å². The first-order valence-corrected chi connectivity index (χ1v) is 9.86. The van der Waals surface area contributed by atoms with Crippen molar-refractivity contribution < 1.29 is 14.4 Å². The lowest BCUT2D eigenvalue weighted by molar-refractivity contribution is -0.141. The van der Waals surface area contributed by atoms with Crippen LogP contribution in [-0.4, -0.2) is 51.3 Å². The molecule has 4 rings (SSSR count). The number of urea groups is 1. The molecular formula is C20H26N4O3. The van der Waals surface area contributed by atoms with Crippen molar-refractivity contribution in [3.05, 3.63) is 30.1 Å². The van der Waals surface area contributed by atoms with Gasteiger partial charge in [0.1, 0.15) is 12.1 Å². The van der Waals surface area contributed by atoms with E-state index in [2.05, 4.69) is 10.3 Å². The summed E-state index contributed by atoms with van der Waals surface area (Å²) >= 11 is 0. The van der Waals surface area contributed by atoms with E-state index in [9.17, 15) is 14.4 Å². The van der Waals surface area contributed by atoms with Crippen molar-refractivity contribution >= 4 is 17.8 Å². The van der Waals surface area contributed by atoms with Crippen molar-refractivity contribution in [2.75, 3.05) is 13.1 Å². The molecule has 7 nitrogen and oxygen atoms in total. The summed E-state index contributed by atoms with van der Waals surface area (Å²) in [5.41, 5.74) is 0.232. The van der Waals surface area contributed by atoms with Crippen LogP contribution in [0.1, 0.15) is 57.1 Å². The molecule has 3 fully saturated rings. The Labute approximate surface area is 159 Å². The first-order chi connectivity index (χ1) is 13.0. The van der Waals surface area contributed by atoms with Gasteiger partial charge in [-0.3, -0.25) is 19.5 Å². The van der Waals surface area contributed by atoms with E-state index in [0.717, 1.165) is 42.6 Å². The van der Waals surface area contributed by atoms with Crippen molar-refractivity contribution in [3.63, 3.8) is 0 Å². The molecule has 144 valence electrons. The number of nitrogens with one attached hydrogen (secondary N) is 1. The molecule has 0 radical (unpaired) electrons. The Morgan fingerprint density at radius 3 is 2.74 bits per heavy atom. The highest BCUT2D eigenvalue weighted by molar-refractivity contribution is 6.09. The number of rotatable bonds is 3. The Balaban J connectivity index is 1.49. The molecule has 7 heteroatoms. The summed E-state index contributed by atoms with van der Waals surface area (Å²) in [6.07, 6.45) is 8.83. The number of nitrogens with zero attached hydrogens (tertiary/aromatic N) is 3. The molecule has 0 unspecified atom stereocenters. The fraction of sp³-hybridized carbons (Fsp3) is 0.600. The van der Waals surface area contributed by atoms with Gasteiger partial charge in [-0.15, -0.1) is 0 Å². The summed E-state index contributed by atoms with van der Waals surface area (Å²) < 4.78 is 0. The second kappa shape index (κ2) is 6.94. The zero-order valence-corrected chi connectivity index (χ0v) is 15.7. The molecular weight excluding hydrogens is 344 g/mol. The van der Waals surface area contributed by atoms with Crippen LogP contribution < -0.4 is 5.32 Å². The largest absolute Gasteiger partial charge is 0.334 e. The standard InChI is InChI=1S/C20H26N4O3/c1-14-5-2-3-9-20(14)18(26)24(19(27)22-20)13-17(25)23-12-4-6-16(23)15-7-10-21-11-8-15/h7-8,10-11,14,16H,2-6,9,12-13H2,1H3,(H,22,27)/t14-,16+,20-/m0/s1. The topological polar surface area (TPSA) is 82.6 Å². The summed E-state index contributed by atoms with van der Waals surface area (Å²) in [6.45, 7) is 2.49. The van der Waals surface area contributed by atoms with Gasteiger partial charge in [0.05, 0.1) is 6.04 Å². The maximum atomic E-state index is 13.1. The van der Waals surface area contributed by atoms with Crippen LogP contribution in [0.25, 0.3) is 0 Å². The molecule has 2 saturated heterocycles. The van der Waals surface area contributed by atoms with Gasteiger partial charge in [0.15, 0.2) is 0 Å².